The fourth-order valence-electron chi connectivity index (χ4n) is 2.13. The van der Waals surface area contributed by atoms with Crippen LogP contribution in [0.25, 0.3) is 0 Å². The highest BCUT2D eigenvalue weighted by molar-refractivity contribution is 6.30. The summed E-state index contributed by atoms with van der Waals surface area (Å²) in [7, 11) is 0. The summed E-state index contributed by atoms with van der Waals surface area (Å²) < 4.78 is 7.56. The molecule has 1 aliphatic rings. The minimum atomic E-state index is -0.279. The van der Waals surface area contributed by atoms with Crippen LogP contribution < -0.4 is 0 Å². The van der Waals surface area contributed by atoms with Crippen LogP contribution in [0.15, 0.2) is 36.9 Å². The van der Waals surface area contributed by atoms with Crippen molar-refractivity contribution in [1.29, 1.82) is 0 Å². The lowest BCUT2D eigenvalue weighted by atomic mass is 9.96. The maximum absolute atomic E-state index is 5.89. The molecule has 88 valence electrons. The summed E-state index contributed by atoms with van der Waals surface area (Å²) in [5.74, 6) is 0. The monoisotopic (exact) mass is 249 g/mol. The van der Waals surface area contributed by atoms with Crippen molar-refractivity contribution >= 4 is 11.6 Å². The summed E-state index contributed by atoms with van der Waals surface area (Å²) in [5.41, 5.74) is 0.850. The van der Waals surface area contributed by atoms with E-state index in [0.717, 1.165) is 10.6 Å². The van der Waals surface area contributed by atoms with Crippen molar-refractivity contribution in [1.82, 2.24) is 14.8 Å². The number of aromatic nitrogens is 3. The first kappa shape index (κ1) is 10.7. The molecule has 2 aromatic rings. The van der Waals surface area contributed by atoms with Gasteiger partial charge in [-0.3, -0.25) is 0 Å². The lowest BCUT2D eigenvalue weighted by molar-refractivity contribution is 0.263. The Morgan fingerprint density at radius 1 is 1.41 bits per heavy atom. The summed E-state index contributed by atoms with van der Waals surface area (Å²) in [4.78, 5) is 3.94. The number of ether oxygens (including phenoxy) is 1. The molecule has 0 amide bonds. The maximum atomic E-state index is 5.89. The van der Waals surface area contributed by atoms with E-state index in [0.29, 0.717) is 6.54 Å². The summed E-state index contributed by atoms with van der Waals surface area (Å²) in [5, 5.41) is 4.85. The molecule has 1 aromatic heterocycles. The van der Waals surface area contributed by atoms with E-state index < -0.39 is 0 Å². The summed E-state index contributed by atoms with van der Waals surface area (Å²) in [6.07, 6.45) is 3.42. The first-order chi connectivity index (χ1) is 8.21. The van der Waals surface area contributed by atoms with Crippen LogP contribution >= 0.6 is 11.6 Å². The van der Waals surface area contributed by atoms with Gasteiger partial charge in [0.15, 0.2) is 0 Å². The molecule has 1 saturated heterocycles. The molecule has 0 saturated carbocycles. The lowest BCUT2D eigenvalue weighted by Gasteiger charge is -2.13. The Morgan fingerprint density at radius 3 is 2.65 bits per heavy atom. The molecule has 0 aliphatic carbocycles. The second kappa shape index (κ2) is 3.82. The smallest absolute Gasteiger partial charge is 0.139 e. The van der Waals surface area contributed by atoms with Gasteiger partial charge in [0.2, 0.25) is 0 Å². The number of rotatable bonds is 3. The van der Waals surface area contributed by atoms with Crippen molar-refractivity contribution in [2.24, 2.45) is 0 Å². The van der Waals surface area contributed by atoms with Crippen LogP contribution in [-0.2, 0) is 16.9 Å². The lowest BCUT2D eigenvalue weighted by Crippen LogP contribution is -2.20. The summed E-state index contributed by atoms with van der Waals surface area (Å²) in [6, 6.07) is 7.77. The van der Waals surface area contributed by atoms with Crippen LogP contribution in [0, 0.1) is 0 Å². The van der Waals surface area contributed by atoms with Crippen molar-refractivity contribution in [3.8, 4) is 0 Å². The van der Waals surface area contributed by atoms with E-state index in [1.165, 1.54) is 6.33 Å². The molecule has 4 nitrogen and oxygen atoms in total. The van der Waals surface area contributed by atoms with E-state index >= 15 is 0 Å². The quantitative estimate of drug-likeness (QED) is 0.784. The molecule has 1 aromatic carbocycles. The Labute approximate surface area is 104 Å². The van der Waals surface area contributed by atoms with Gasteiger partial charge in [-0.2, -0.15) is 5.10 Å². The highest BCUT2D eigenvalue weighted by Gasteiger charge is 2.55. The van der Waals surface area contributed by atoms with Gasteiger partial charge in [0.1, 0.15) is 18.3 Å². The van der Waals surface area contributed by atoms with Crippen molar-refractivity contribution in [2.75, 3.05) is 0 Å². The molecule has 5 heteroatoms. The van der Waals surface area contributed by atoms with Crippen LogP contribution in [-0.4, -0.2) is 20.9 Å². The summed E-state index contributed by atoms with van der Waals surface area (Å²) >= 11 is 5.89. The van der Waals surface area contributed by atoms with Crippen LogP contribution in [0.3, 0.4) is 0 Å². The second-order valence-corrected chi connectivity index (χ2v) is 4.69. The van der Waals surface area contributed by atoms with Gasteiger partial charge in [-0.25, -0.2) is 9.67 Å². The number of hydrogen-bond donors (Lipinski definition) is 0. The molecule has 0 N–H and O–H groups in total. The molecule has 1 fully saturated rings. The maximum Gasteiger partial charge on any atom is 0.139 e. The van der Waals surface area contributed by atoms with E-state index in [9.17, 15) is 0 Å². The zero-order valence-electron chi connectivity index (χ0n) is 9.38. The molecular weight excluding hydrogens is 238 g/mol. The third-order valence-electron chi connectivity index (χ3n) is 3.18. The third kappa shape index (κ3) is 1.83. The van der Waals surface area contributed by atoms with E-state index in [2.05, 4.69) is 17.0 Å². The number of halogens is 1. The first-order valence-electron chi connectivity index (χ1n) is 5.47. The highest BCUT2D eigenvalue weighted by Crippen LogP contribution is 2.47. The fraction of sp³-hybridized carbons (Fsp3) is 0.333. The van der Waals surface area contributed by atoms with Crippen molar-refractivity contribution in [2.45, 2.75) is 25.2 Å². The largest absolute Gasteiger partial charge is 0.359 e. The zero-order chi connectivity index (χ0) is 11.9. The Balaban J connectivity index is 1.90. The van der Waals surface area contributed by atoms with E-state index in [1.54, 1.807) is 11.0 Å². The van der Waals surface area contributed by atoms with Gasteiger partial charge in [0.25, 0.3) is 0 Å². The Kier molecular flexibility index (Phi) is 2.42. The number of hydrogen-bond acceptors (Lipinski definition) is 3. The van der Waals surface area contributed by atoms with Crippen molar-refractivity contribution in [3.05, 3.63) is 47.5 Å². The first-order valence-corrected chi connectivity index (χ1v) is 5.85. The SMILES string of the molecule is C[C@@H]1O[C@@]1(Cn1cncn1)c1ccc(Cl)cc1. The zero-order valence-corrected chi connectivity index (χ0v) is 10.1. The van der Waals surface area contributed by atoms with Gasteiger partial charge in [0.05, 0.1) is 12.6 Å². The van der Waals surface area contributed by atoms with Crippen molar-refractivity contribution in [3.63, 3.8) is 0 Å². The Bertz CT molecular complexity index is 511. The van der Waals surface area contributed by atoms with Gasteiger partial charge >= 0.3 is 0 Å². The second-order valence-electron chi connectivity index (χ2n) is 4.25. The van der Waals surface area contributed by atoms with Crippen LogP contribution in [0.1, 0.15) is 12.5 Å². The molecule has 0 radical (unpaired) electrons. The molecule has 2 heterocycles. The predicted octanol–water partition coefficient (Wildman–Crippen LogP) is 2.25. The molecule has 2 atom stereocenters. The Morgan fingerprint density at radius 2 is 2.12 bits per heavy atom. The molecular formula is C12H12ClN3O. The van der Waals surface area contributed by atoms with Crippen LogP contribution in [0.5, 0.6) is 0 Å². The molecule has 17 heavy (non-hydrogen) atoms. The fourth-order valence-corrected chi connectivity index (χ4v) is 2.25. The number of epoxide rings is 1. The van der Waals surface area contributed by atoms with E-state index in [-0.39, 0.29) is 11.7 Å². The van der Waals surface area contributed by atoms with Crippen LogP contribution in [0.4, 0.5) is 0 Å². The third-order valence-corrected chi connectivity index (χ3v) is 3.43. The molecule has 0 spiro atoms. The topological polar surface area (TPSA) is 43.2 Å². The normalized spacial score (nSPS) is 27.1. The predicted molar refractivity (Wildman–Crippen MR) is 63.7 cm³/mol. The van der Waals surface area contributed by atoms with Crippen LogP contribution in [0.2, 0.25) is 5.02 Å². The molecule has 0 bridgehead atoms. The highest BCUT2D eigenvalue weighted by atomic mass is 35.5. The van der Waals surface area contributed by atoms with Gasteiger partial charge in [-0.05, 0) is 24.6 Å². The average molecular weight is 250 g/mol. The summed E-state index contributed by atoms with van der Waals surface area (Å²) in [6.45, 7) is 2.74. The van der Waals surface area contributed by atoms with Gasteiger partial charge in [-0.1, -0.05) is 23.7 Å². The van der Waals surface area contributed by atoms with Gasteiger partial charge in [-0.15, -0.1) is 0 Å². The number of nitrogens with zero attached hydrogens (tertiary/aromatic N) is 3. The van der Waals surface area contributed by atoms with E-state index in [1.807, 2.05) is 24.3 Å². The molecule has 0 unspecified atom stereocenters. The number of benzene rings is 1. The van der Waals surface area contributed by atoms with Gasteiger partial charge in [0, 0.05) is 5.02 Å². The minimum absolute atomic E-state index is 0.188. The van der Waals surface area contributed by atoms with Gasteiger partial charge < -0.3 is 4.74 Å². The van der Waals surface area contributed by atoms with Crippen molar-refractivity contribution < 1.29 is 4.74 Å². The van der Waals surface area contributed by atoms with E-state index in [4.69, 9.17) is 16.3 Å². The minimum Gasteiger partial charge on any atom is -0.359 e. The molecule has 3 rings (SSSR count). The standard InChI is InChI=1S/C12H12ClN3O/c1-9-12(17-9,6-16-8-14-7-15-16)10-2-4-11(13)5-3-10/h2-5,7-9H,6H2,1H3/t9-,12+/m0/s1. The molecule has 1 aliphatic heterocycles. The average Bonchev–Trinajstić information content (AvgIpc) is 2.76. The Hall–Kier alpha value is -1.39.